The Labute approximate surface area is 111 Å². The molecule has 0 bridgehead atoms. The van der Waals surface area contributed by atoms with E-state index in [2.05, 4.69) is 5.32 Å². The van der Waals surface area contributed by atoms with Crippen molar-refractivity contribution >= 4 is 11.8 Å². The Hall–Kier alpha value is -1.45. The fraction of sp³-hybridized carbons (Fsp3) is 0.800. The number of rotatable bonds is 3. The van der Waals surface area contributed by atoms with Crippen molar-refractivity contribution in [3.63, 3.8) is 0 Å². The van der Waals surface area contributed by atoms with Crippen LogP contribution in [0.5, 0.6) is 0 Å². The summed E-state index contributed by atoms with van der Waals surface area (Å²) in [6, 6.07) is 0. The molecule has 0 unspecified atom stereocenters. The van der Waals surface area contributed by atoms with Gasteiger partial charge in [-0.2, -0.15) is 22.0 Å². The van der Waals surface area contributed by atoms with Crippen LogP contribution in [0.2, 0.25) is 0 Å². The monoisotopic (exact) mass is 303 g/mol. The fourth-order valence-corrected chi connectivity index (χ4v) is 1.71. The molecule has 1 fully saturated rings. The minimum atomic E-state index is -5.90. The molecular weight excluding hydrogens is 289 g/mol. The summed E-state index contributed by atoms with van der Waals surface area (Å²) in [5.41, 5.74) is 0. The summed E-state index contributed by atoms with van der Waals surface area (Å²) in [5, 5.41) is 2.36. The number of hydrogen-bond acceptors (Lipinski definition) is 3. The third kappa shape index (κ3) is 3.56. The van der Waals surface area contributed by atoms with E-state index in [4.69, 9.17) is 0 Å². The molecule has 1 saturated heterocycles. The average Bonchev–Trinajstić information content (AvgIpc) is 2.37. The number of carbonyl (C=O) groups is 2. The molecule has 1 aliphatic rings. The molecule has 0 spiro atoms. The standard InChI is InChI=1S/C10H14F5N3O2/c1-16-7(19)6-17-2-4-18(5-3-17)8(20)9(11,12)10(13,14)15/h2-6H2,1H3,(H,16,19). The van der Waals surface area contributed by atoms with Gasteiger partial charge in [-0.1, -0.05) is 0 Å². The highest BCUT2D eigenvalue weighted by Gasteiger charge is 2.64. The van der Waals surface area contributed by atoms with Crippen molar-refractivity contribution in [1.29, 1.82) is 0 Å². The molecule has 0 aromatic carbocycles. The van der Waals surface area contributed by atoms with Crippen LogP contribution in [0.25, 0.3) is 0 Å². The number of nitrogens with zero attached hydrogens (tertiary/aromatic N) is 2. The van der Waals surface area contributed by atoms with E-state index in [-0.39, 0.29) is 38.6 Å². The summed E-state index contributed by atoms with van der Waals surface area (Å²) in [6.07, 6.45) is -5.90. The topological polar surface area (TPSA) is 52.7 Å². The van der Waals surface area contributed by atoms with Crippen molar-refractivity contribution in [1.82, 2.24) is 15.1 Å². The maximum Gasteiger partial charge on any atom is 0.463 e. The number of piperazine rings is 1. The van der Waals surface area contributed by atoms with Crippen LogP contribution in [0.15, 0.2) is 0 Å². The molecule has 0 saturated carbocycles. The number of nitrogens with one attached hydrogen (secondary N) is 1. The molecule has 0 aromatic heterocycles. The maximum absolute atomic E-state index is 12.9. The Morgan fingerprint density at radius 1 is 1.05 bits per heavy atom. The number of likely N-dealkylation sites (N-methyl/N-ethyl adjacent to an activating group) is 1. The molecular formula is C10H14F5N3O2. The molecule has 2 amide bonds. The van der Waals surface area contributed by atoms with Gasteiger partial charge in [-0.15, -0.1) is 0 Å². The zero-order valence-corrected chi connectivity index (χ0v) is 10.6. The Morgan fingerprint density at radius 3 is 1.95 bits per heavy atom. The lowest BCUT2D eigenvalue weighted by molar-refractivity contribution is -0.274. The summed E-state index contributed by atoms with van der Waals surface area (Å²) >= 11 is 0. The number of alkyl halides is 5. The van der Waals surface area contributed by atoms with Crippen molar-refractivity contribution in [3.8, 4) is 0 Å². The van der Waals surface area contributed by atoms with Crippen LogP contribution in [0, 0.1) is 0 Å². The summed E-state index contributed by atoms with van der Waals surface area (Å²) in [6.45, 7) is -0.419. The van der Waals surface area contributed by atoms with Crippen LogP contribution in [-0.2, 0) is 9.59 Å². The molecule has 0 aliphatic carbocycles. The van der Waals surface area contributed by atoms with Gasteiger partial charge >= 0.3 is 18.0 Å². The zero-order chi connectivity index (χ0) is 15.6. The quantitative estimate of drug-likeness (QED) is 0.751. The van der Waals surface area contributed by atoms with E-state index >= 15 is 0 Å². The van der Waals surface area contributed by atoms with Gasteiger partial charge in [0.05, 0.1) is 6.54 Å². The van der Waals surface area contributed by atoms with Crippen molar-refractivity contribution in [2.24, 2.45) is 0 Å². The van der Waals surface area contributed by atoms with E-state index in [0.29, 0.717) is 4.90 Å². The van der Waals surface area contributed by atoms with Gasteiger partial charge in [-0.05, 0) is 0 Å². The largest absolute Gasteiger partial charge is 0.463 e. The first kappa shape index (κ1) is 16.6. The Balaban J connectivity index is 2.57. The van der Waals surface area contributed by atoms with Gasteiger partial charge in [0, 0.05) is 33.2 Å². The van der Waals surface area contributed by atoms with Crippen LogP contribution in [0.4, 0.5) is 22.0 Å². The minimum Gasteiger partial charge on any atom is -0.358 e. The highest BCUT2D eigenvalue weighted by Crippen LogP contribution is 2.37. The molecule has 1 N–H and O–H groups in total. The summed E-state index contributed by atoms with van der Waals surface area (Å²) in [4.78, 5) is 24.3. The third-order valence-corrected chi connectivity index (χ3v) is 2.93. The number of amides is 2. The van der Waals surface area contributed by atoms with Crippen molar-refractivity contribution in [2.75, 3.05) is 39.8 Å². The Kier molecular flexibility index (Phi) is 4.90. The Bertz CT molecular complexity index is 378. The van der Waals surface area contributed by atoms with E-state index in [0.717, 1.165) is 0 Å². The normalized spacial score (nSPS) is 18.0. The van der Waals surface area contributed by atoms with Gasteiger partial charge in [-0.3, -0.25) is 14.5 Å². The molecule has 0 atom stereocenters. The minimum absolute atomic E-state index is 0.00813. The summed E-state index contributed by atoms with van der Waals surface area (Å²) < 4.78 is 62.0. The summed E-state index contributed by atoms with van der Waals surface area (Å²) in [5.74, 6) is -7.93. The van der Waals surface area contributed by atoms with Gasteiger partial charge in [0.2, 0.25) is 5.91 Å². The Morgan fingerprint density at radius 2 is 1.55 bits per heavy atom. The number of hydrogen-bond donors (Lipinski definition) is 1. The molecule has 20 heavy (non-hydrogen) atoms. The van der Waals surface area contributed by atoms with E-state index in [1.54, 1.807) is 4.90 Å². The SMILES string of the molecule is CNC(=O)CN1CCN(C(=O)C(F)(F)C(F)(F)F)CC1. The second kappa shape index (κ2) is 5.90. The van der Waals surface area contributed by atoms with Crippen molar-refractivity contribution in [3.05, 3.63) is 0 Å². The second-order valence-electron chi connectivity index (χ2n) is 4.31. The third-order valence-electron chi connectivity index (χ3n) is 2.93. The van der Waals surface area contributed by atoms with Gasteiger partial charge < -0.3 is 10.2 Å². The van der Waals surface area contributed by atoms with Crippen LogP contribution in [0.1, 0.15) is 0 Å². The highest BCUT2D eigenvalue weighted by atomic mass is 19.4. The lowest BCUT2D eigenvalue weighted by atomic mass is 10.2. The fourth-order valence-electron chi connectivity index (χ4n) is 1.71. The first-order valence-corrected chi connectivity index (χ1v) is 5.76. The number of carbonyl (C=O) groups excluding carboxylic acids is 2. The average molecular weight is 303 g/mol. The van der Waals surface area contributed by atoms with E-state index < -0.39 is 18.0 Å². The molecule has 10 heteroatoms. The first-order chi connectivity index (χ1) is 9.09. The molecule has 0 aromatic rings. The van der Waals surface area contributed by atoms with Gasteiger partial charge in [0.25, 0.3) is 0 Å². The molecule has 116 valence electrons. The van der Waals surface area contributed by atoms with Crippen LogP contribution >= 0.6 is 0 Å². The van der Waals surface area contributed by atoms with Gasteiger partial charge in [0.1, 0.15) is 0 Å². The summed E-state index contributed by atoms with van der Waals surface area (Å²) in [7, 11) is 1.42. The zero-order valence-electron chi connectivity index (χ0n) is 10.6. The van der Waals surface area contributed by atoms with Gasteiger partial charge in [0.15, 0.2) is 0 Å². The van der Waals surface area contributed by atoms with E-state index in [1.165, 1.54) is 7.05 Å². The predicted molar refractivity (Wildman–Crippen MR) is 58.1 cm³/mol. The first-order valence-electron chi connectivity index (χ1n) is 5.76. The van der Waals surface area contributed by atoms with E-state index in [1.807, 2.05) is 0 Å². The number of halogens is 5. The van der Waals surface area contributed by atoms with Crippen LogP contribution in [0.3, 0.4) is 0 Å². The molecule has 5 nitrogen and oxygen atoms in total. The maximum atomic E-state index is 12.9. The second-order valence-corrected chi connectivity index (χ2v) is 4.31. The molecule has 0 radical (unpaired) electrons. The van der Waals surface area contributed by atoms with Crippen LogP contribution in [-0.4, -0.2) is 73.5 Å². The van der Waals surface area contributed by atoms with E-state index in [9.17, 15) is 31.5 Å². The molecule has 1 aliphatic heterocycles. The molecule has 1 heterocycles. The smallest absolute Gasteiger partial charge is 0.358 e. The van der Waals surface area contributed by atoms with Crippen LogP contribution < -0.4 is 5.32 Å². The molecule has 1 rings (SSSR count). The predicted octanol–water partition coefficient (Wildman–Crippen LogP) is 0.0742. The van der Waals surface area contributed by atoms with Crippen molar-refractivity contribution < 1.29 is 31.5 Å². The lowest BCUT2D eigenvalue weighted by Gasteiger charge is -2.36. The highest BCUT2D eigenvalue weighted by molar-refractivity contribution is 5.84. The van der Waals surface area contributed by atoms with Gasteiger partial charge in [-0.25, -0.2) is 0 Å². The van der Waals surface area contributed by atoms with Crippen molar-refractivity contribution in [2.45, 2.75) is 12.1 Å². The lowest BCUT2D eigenvalue weighted by Crippen LogP contribution is -2.58.